The smallest absolute Gasteiger partial charge is 0.335 e. The first-order valence-electron chi connectivity index (χ1n) is 6.78. The molecule has 2 aromatic heterocycles. The van der Waals surface area contributed by atoms with E-state index in [1.54, 1.807) is 6.07 Å². The lowest BCUT2D eigenvalue weighted by atomic mass is 10.1. The maximum absolute atomic E-state index is 12.1. The molecule has 1 aromatic carbocycles. The van der Waals surface area contributed by atoms with E-state index < -0.39 is 5.97 Å². The highest BCUT2D eigenvalue weighted by Crippen LogP contribution is 2.17. The van der Waals surface area contributed by atoms with Gasteiger partial charge in [0.1, 0.15) is 0 Å². The number of carboxylic acid groups (broad SMARTS) is 1. The first-order chi connectivity index (χ1) is 11.0. The number of benzene rings is 1. The zero-order chi connectivity index (χ0) is 16.4. The minimum atomic E-state index is -1.08. The third-order valence-corrected chi connectivity index (χ3v) is 3.70. The number of aromatic carboxylic acids is 1. The van der Waals surface area contributed by atoms with Crippen molar-refractivity contribution in [2.75, 3.05) is 0 Å². The van der Waals surface area contributed by atoms with Crippen LogP contribution in [0.3, 0.4) is 0 Å². The molecule has 0 saturated heterocycles. The zero-order valence-electron chi connectivity index (χ0n) is 11.9. The second kappa shape index (κ2) is 6.10. The fourth-order valence-electron chi connectivity index (χ4n) is 2.23. The highest BCUT2D eigenvalue weighted by molar-refractivity contribution is 6.31. The van der Waals surface area contributed by atoms with Crippen molar-refractivity contribution in [2.24, 2.45) is 0 Å². The van der Waals surface area contributed by atoms with Crippen LogP contribution in [0.5, 0.6) is 0 Å². The van der Waals surface area contributed by atoms with Gasteiger partial charge in [-0.05, 0) is 23.8 Å². The summed E-state index contributed by atoms with van der Waals surface area (Å²) in [5.41, 5.74) is 1.28. The lowest BCUT2D eigenvalue weighted by Crippen LogP contribution is -2.15. The van der Waals surface area contributed by atoms with E-state index in [9.17, 15) is 9.59 Å². The van der Waals surface area contributed by atoms with E-state index in [1.165, 1.54) is 29.1 Å². The van der Waals surface area contributed by atoms with Crippen LogP contribution in [0, 0.1) is 0 Å². The summed E-state index contributed by atoms with van der Waals surface area (Å²) < 4.78 is 1.21. The quantitative estimate of drug-likeness (QED) is 0.769. The van der Waals surface area contributed by atoms with Crippen molar-refractivity contribution in [3.8, 4) is 5.82 Å². The van der Waals surface area contributed by atoms with E-state index in [2.05, 4.69) is 10.1 Å². The number of nitrogens with one attached hydrogen (secondary N) is 1. The minimum absolute atomic E-state index is 0.0594. The normalized spacial score (nSPS) is 10.7. The molecule has 0 aliphatic rings. The molecular weight excluding hydrogens is 318 g/mol. The van der Waals surface area contributed by atoms with Crippen LogP contribution in [0.25, 0.3) is 5.82 Å². The summed E-state index contributed by atoms with van der Waals surface area (Å²) in [6.07, 6.45) is 1.81. The number of H-pyrrole nitrogens is 1. The van der Waals surface area contributed by atoms with Crippen molar-refractivity contribution in [3.63, 3.8) is 0 Å². The largest absolute Gasteiger partial charge is 0.478 e. The second-order valence-corrected chi connectivity index (χ2v) is 5.34. The molecule has 0 unspecified atom stereocenters. The average molecular weight is 330 g/mol. The number of hydrogen-bond acceptors (Lipinski definition) is 3. The van der Waals surface area contributed by atoms with Crippen molar-refractivity contribution in [3.05, 3.63) is 80.9 Å². The highest BCUT2D eigenvalue weighted by Gasteiger charge is 2.10. The molecule has 6 nitrogen and oxygen atoms in total. The Kier molecular flexibility index (Phi) is 3.99. The summed E-state index contributed by atoms with van der Waals surface area (Å²) in [6.45, 7) is 0. The number of hydrogen-bond donors (Lipinski definition) is 2. The Hall–Kier alpha value is -2.86. The zero-order valence-corrected chi connectivity index (χ0v) is 12.6. The molecule has 3 aromatic rings. The van der Waals surface area contributed by atoms with Crippen LogP contribution in [0.2, 0.25) is 5.02 Å². The lowest BCUT2D eigenvalue weighted by molar-refractivity contribution is 0.0696. The number of nitrogens with zero attached hydrogens (tertiary/aromatic N) is 2. The standard InChI is InChI=1S/C16H12ClN3O3/c17-13-4-2-1-3-10(13)7-12-9-15(21)20(19-12)14-8-11(16(22)23)5-6-18-14/h1-6,8-9,19H,7H2,(H,22,23). The molecule has 116 valence electrons. The first kappa shape index (κ1) is 15.1. The summed E-state index contributed by atoms with van der Waals surface area (Å²) in [6, 6.07) is 11.5. The number of aromatic amines is 1. The molecule has 0 spiro atoms. The fraction of sp³-hybridized carbons (Fsp3) is 0.0625. The van der Waals surface area contributed by atoms with Crippen LogP contribution >= 0.6 is 11.6 Å². The Morgan fingerprint density at radius 1 is 1.26 bits per heavy atom. The number of carboxylic acids is 1. The van der Waals surface area contributed by atoms with Crippen molar-refractivity contribution >= 4 is 17.6 Å². The van der Waals surface area contributed by atoms with Gasteiger partial charge in [0.15, 0.2) is 5.82 Å². The highest BCUT2D eigenvalue weighted by atomic mass is 35.5. The van der Waals surface area contributed by atoms with Crippen LogP contribution in [-0.2, 0) is 6.42 Å². The maximum Gasteiger partial charge on any atom is 0.335 e. The van der Waals surface area contributed by atoms with Gasteiger partial charge in [-0.2, -0.15) is 0 Å². The van der Waals surface area contributed by atoms with Crippen LogP contribution in [-0.4, -0.2) is 25.8 Å². The fourth-order valence-corrected chi connectivity index (χ4v) is 2.43. The average Bonchev–Trinajstić information content (AvgIpc) is 2.90. The van der Waals surface area contributed by atoms with Crippen LogP contribution in [0.15, 0.2) is 53.5 Å². The molecule has 0 radical (unpaired) electrons. The Morgan fingerprint density at radius 2 is 2.04 bits per heavy atom. The molecule has 3 rings (SSSR count). The lowest BCUT2D eigenvalue weighted by Gasteiger charge is -2.03. The van der Waals surface area contributed by atoms with E-state index in [0.717, 1.165) is 5.56 Å². The van der Waals surface area contributed by atoms with E-state index in [-0.39, 0.29) is 16.9 Å². The molecule has 0 fully saturated rings. The van der Waals surface area contributed by atoms with Crippen LogP contribution in [0.4, 0.5) is 0 Å². The number of carbonyl (C=O) groups is 1. The van der Waals surface area contributed by atoms with Gasteiger partial charge in [-0.3, -0.25) is 9.89 Å². The molecule has 7 heteroatoms. The summed E-state index contributed by atoms with van der Waals surface area (Å²) in [5.74, 6) is -0.857. The third kappa shape index (κ3) is 3.17. The van der Waals surface area contributed by atoms with Gasteiger partial charge in [0.25, 0.3) is 5.56 Å². The van der Waals surface area contributed by atoms with Crippen molar-refractivity contribution in [1.29, 1.82) is 0 Å². The summed E-state index contributed by atoms with van der Waals surface area (Å²) in [5, 5.41) is 12.6. The molecule has 0 amide bonds. The topological polar surface area (TPSA) is 88.0 Å². The van der Waals surface area contributed by atoms with E-state index in [0.29, 0.717) is 17.1 Å². The van der Waals surface area contributed by atoms with Gasteiger partial charge < -0.3 is 5.11 Å². The van der Waals surface area contributed by atoms with E-state index in [4.69, 9.17) is 16.7 Å². The van der Waals surface area contributed by atoms with Crippen LogP contribution < -0.4 is 5.56 Å². The van der Waals surface area contributed by atoms with Gasteiger partial charge in [-0.15, -0.1) is 0 Å². The molecule has 23 heavy (non-hydrogen) atoms. The van der Waals surface area contributed by atoms with E-state index in [1.807, 2.05) is 18.2 Å². The van der Waals surface area contributed by atoms with Gasteiger partial charge in [0.2, 0.25) is 0 Å². The Balaban J connectivity index is 1.96. The SMILES string of the molecule is O=C(O)c1ccnc(-n2[nH]c(Cc3ccccc3Cl)cc2=O)c1. The molecule has 2 heterocycles. The summed E-state index contributed by atoms with van der Waals surface area (Å²) in [4.78, 5) is 27.2. The molecule has 0 saturated carbocycles. The van der Waals surface area contributed by atoms with E-state index >= 15 is 0 Å². The van der Waals surface area contributed by atoms with Crippen molar-refractivity contribution in [1.82, 2.24) is 14.8 Å². The molecule has 0 aliphatic heterocycles. The number of halogens is 1. The molecular formula is C16H12ClN3O3. The van der Waals surface area contributed by atoms with Gasteiger partial charge >= 0.3 is 5.97 Å². The van der Waals surface area contributed by atoms with Crippen molar-refractivity contribution in [2.45, 2.75) is 6.42 Å². The third-order valence-electron chi connectivity index (χ3n) is 3.33. The first-order valence-corrected chi connectivity index (χ1v) is 7.16. The maximum atomic E-state index is 12.1. The Morgan fingerprint density at radius 3 is 2.78 bits per heavy atom. The number of aromatic nitrogens is 3. The molecule has 2 N–H and O–H groups in total. The number of pyridine rings is 1. The van der Waals surface area contributed by atoms with Gasteiger partial charge in [0.05, 0.1) is 5.56 Å². The van der Waals surface area contributed by atoms with Crippen molar-refractivity contribution < 1.29 is 9.90 Å². The predicted molar refractivity (Wildman–Crippen MR) is 85.4 cm³/mol. The van der Waals surface area contributed by atoms with Gasteiger partial charge in [-0.1, -0.05) is 29.8 Å². The minimum Gasteiger partial charge on any atom is -0.478 e. The number of rotatable bonds is 4. The van der Waals surface area contributed by atoms with Gasteiger partial charge in [0, 0.05) is 29.4 Å². The molecule has 0 atom stereocenters. The monoisotopic (exact) mass is 329 g/mol. The Bertz CT molecular complexity index is 930. The molecule has 0 aliphatic carbocycles. The van der Waals surface area contributed by atoms with Gasteiger partial charge in [-0.25, -0.2) is 14.5 Å². The second-order valence-electron chi connectivity index (χ2n) is 4.93. The van der Waals surface area contributed by atoms with Crippen LogP contribution in [0.1, 0.15) is 21.6 Å². The summed E-state index contributed by atoms with van der Waals surface area (Å²) in [7, 11) is 0. The summed E-state index contributed by atoms with van der Waals surface area (Å²) >= 11 is 6.12. The molecule has 0 bridgehead atoms. The Labute approximate surface area is 136 Å². The predicted octanol–water partition coefficient (Wildman–Crippen LogP) is 2.50.